The first kappa shape index (κ1) is 11.3. The highest BCUT2D eigenvalue weighted by atomic mass is 16.5. The van der Waals surface area contributed by atoms with Gasteiger partial charge in [-0.1, -0.05) is 19.9 Å². The van der Waals surface area contributed by atoms with Crippen LogP contribution in [0, 0.1) is 0 Å². The minimum Gasteiger partial charge on any atom is -0.490 e. The Hall–Kier alpha value is -1.22. The van der Waals surface area contributed by atoms with Gasteiger partial charge in [-0.25, -0.2) is 0 Å². The topological polar surface area (TPSA) is 32.7 Å². The van der Waals surface area contributed by atoms with Crippen molar-refractivity contribution in [1.82, 2.24) is 0 Å². The third-order valence-electron chi connectivity index (χ3n) is 3.23. The molecule has 88 valence electrons. The number of ether oxygens (including phenoxy) is 1. The molecule has 0 atom stereocenters. The molecule has 0 aliphatic carbocycles. The van der Waals surface area contributed by atoms with E-state index in [0.717, 1.165) is 30.2 Å². The molecule has 2 rings (SSSR count). The monoisotopic (exact) mass is 221 g/mol. The highest BCUT2D eigenvalue weighted by Gasteiger charge is 2.23. The van der Waals surface area contributed by atoms with E-state index >= 15 is 0 Å². The Balaban J connectivity index is 2.39. The van der Waals surface area contributed by atoms with Gasteiger partial charge in [-0.15, -0.1) is 0 Å². The van der Waals surface area contributed by atoms with Gasteiger partial charge in [0.1, 0.15) is 12.4 Å². The average molecular weight is 221 g/mol. The van der Waals surface area contributed by atoms with E-state index in [1.165, 1.54) is 0 Å². The molecule has 0 saturated heterocycles. The molecule has 0 aromatic heterocycles. The maximum absolute atomic E-state index is 9.35. The maximum atomic E-state index is 9.35. The van der Waals surface area contributed by atoms with Gasteiger partial charge in [0, 0.05) is 12.5 Å². The second kappa shape index (κ2) is 3.98. The van der Waals surface area contributed by atoms with E-state index in [2.05, 4.69) is 24.1 Å². The molecule has 0 amide bonds. The number of nitrogens with zero attached hydrogens (tertiary/aromatic N) is 1. The van der Waals surface area contributed by atoms with Gasteiger partial charge in [-0.05, 0) is 17.7 Å². The molecule has 1 aromatic rings. The molecule has 16 heavy (non-hydrogen) atoms. The Bertz CT molecular complexity index is 388. The molecular weight excluding hydrogens is 202 g/mol. The summed E-state index contributed by atoms with van der Waals surface area (Å²) >= 11 is 0. The van der Waals surface area contributed by atoms with Crippen molar-refractivity contribution in [3.8, 4) is 5.75 Å². The molecule has 3 nitrogen and oxygen atoms in total. The zero-order valence-electron chi connectivity index (χ0n) is 10.2. The van der Waals surface area contributed by atoms with E-state index in [1.54, 1.807) is 0 Å². The van der Waals surface area contributed by atoms with Gasteiger partial charge < -0.3 is 14.7 Å². The third-order valence-corrected chi connectivity index (χ3v) is 3.23. The highest BCUT2D eigenvalue weighted by Crippen LogP contribution is 2.35. The van der Waals surface area contributed by atoms with Gasteiger partial charge in [0.15, 0.2) is 0 Å². The second-order valence-corrected chi connectivity index (χ2v) is 4.99. The van der Waals surface area contributed by atoms with Gasteiger partial charge >= 0.3 is 0 Å². The van der Waals surface area contributed by atoms with Crippen LogP contribution in [0.4, 0.5) is 5.69 Å². The fourth-order valence-corrected chi connectivity index (χ4v) is 1.87. The molecule has 1 aromatic carbocycles. The molecule has 0 radical (unpaired) electrons. The molecule has 3 heteroatoms. The number of aliphatic hydroxyl groups excluding tert-OH is 1. The van der Waals surface area contributed by atoms with Gasteiger partial charge in [0.05, 0.1) is 18.8 Å². The number of rotatable bonds is 2. The summed E-state index contributed by atoms with van der Waals surface area (Å²) in [7, 11) is 2.07. The zero-order valence-corrected chi connectivity index (χ0v) is 10.2. The predicted octanol–water partition coefficient (Wildman–Crippen LogP) is 1.79. The minimum atomic E-state index is -0.214. The summed E-state index contributed by atoms with van der Waals surface area (Å²) in [5.74, 6) is 0.924. The summed E-state index contributed by atoms with van der Waals surface area (Å²) in [5.41, 5.74) is 2.03. The minimum absolute atomic E-state index is 0.141. The summed E-state index contributed by atoms with van der Waals surface area (Å²) in [6, 6.07) is 6.18. The van der Waals surface area contributed by atoms with Crippen molar-refractivity contribution < 1.29 is 9.84 Å². The lowest BCUT2D eigenvalue weighted by molar-refractivity contribution is 0.218. The van der Waals surface area contributed by atoms with Crippen molar-refractivity contribution in [3.05, 3.63) is 23.8 Å². The SMILES string of the molecule is CN1CCOc2cc(C(C)(C)CO)ccc21. The average Bonchev–Trinajstić information content (AvgIpc) is 2.29. The first-order chi connectivity index (χ1) is 7.54. The van der Waals surface area contributed by atoms with Crippen LogP contribution in [0.5, 0.6) is 5.75 Å². The number of likely N-dealkylation sites (N-methyl/N-ethyl adjacent to an activating group) is 1. The van der Waals surface area contributed by atoms with Crippen molar-refractivity contribution in [2.45, 2.75) is 19.3 Å². The van der Waals surface area contributed by atoms with E-state index in [-0.39, 0.29) is 12.0 Å². The van der Waals surface area contributed by atoms with Gasteiger partial charge in [0.2, 0.25) is 0 Å². The molecule has 0 spiro atoms. The Morgan fingerprint density at radius 1 is 1.44 bits per heavy atom. The largest absolute Gasteiger partial charge is 0.490 e. The number of fused-ring (bicyclic) bond motifs is 1. The smallest absolute Gasteiger partial charge is 0.142 e. The van der Waals surface area contributed by atoms with Crippen LogP contribution in [-0.4, -0.2) is 31.9 Å². The lowest BCUT2D eigenvalue weighted by atomic mass is 9.85. The van der Waals surface area contributed by atoms with E-state index in [1.807, 2.05) is 19.9 Å². The van der Waals surface area contributed by atoms with Crippen LogP contribution >= 0.6 is 0 Å². The third kappa shape index (κ3) is 1.87. The molecule has 1 aliphatic heterocycles. The van der Waals surface area contributed by atoms with Crippen molar-refractivity contribution in [1.29, 1.82) is 0 Å². The van der Waals surface area contributed by atoms with Crippen LogP contribution < -0.4 is 9.64 Å². The first-order valence-corrected chi connectivity index (χ1v) is 5.64. The lowest BCUT2D eigenvalue weighted by Gasteiger charge is -2.30. The number of anilines is 1. The summed E-state index contributed by atoms with van der Waals surface area (Å²) in [4.78, 5) is 2.19. The molecule has 1 heterocycles. The zero-order chi connectivity index (χ0) is 11.8. The molecular formula is C13H19NO2. The predicted molar refractivity (Wildman–Crippen MR) is 65.3 cm³/mol. The normalized spacial score (nSPS) is 15.6. The fourth-order valence-electron chi connectivity index (χ4n) is 1.87. The van der Waals surface area contributed by atoms with Crippen molar-refractivity contribution in [2.75, 3.05) is 31.7 Å². The van der Waals surface area contributed by atoms with E-state index in [4.69, 9.17) is 4.74 Å². The lowest BCUT2D eigenvalue weighted by Crippen LogP contribution is -2.29. The Labute approximate surface area is 96.6 Å². The van der Waals surface area contributed by atoms with Crippen molar-refractivity contribution >= 4 is 5.69 Å². The van der Waals surface area contributed by atoms with Crippen molar-refractivity contribution in [3.63, 3.8) is 0 Å². The van der Waals surface area contributed by atoms with Crippen LogP contribution in [-0.2, 0) is 5.41 Å². The Morgan fingerprint density at radius 3 is 2.88 bits per heavy atom. The second-order valence-electron chi connectivity index (χ2n) is 4.99. The van der Waals surface area contributed by atoms with Crippen molar-refractivity contribution in [2.24, 2.45) is 0 Å². The van der Waals surface area contributed by atoms with Crippen LogP contribution in [0.3, 0.4) is 0 Å². The van der Waals surface area contributed by atoms with Crippen LogP contribution in [0.2, 0.25) is 0 Å². The molecule has 1 aliphatic rings. The van der Waals surface area contributed by atoms with E-state index < -0.39 is 0 Å². The maximum Gasteiger partial charge on any atom is 0.142 e. The van der Waals surface area contributed by atoms with Crippen LogP contribution in [0.15, 0.2) is 18.2 Å². The molecule has 0 fully saturated rings. The van der Waals surface area contributed by atoms with Gasteiger partial charge in [-0.2, -0.15) is 0 Å². The Kier molecular flexibility index (Phi) is 2.80. The first-order valence-electron chi connectivity index (χ1n) is 5.64. The number of hydrogen-bond acceptors (Lipinski definition) is 3. The summed E-state index contributed by atoms with van der Waals surface area (Å²) in [6.45, 7) is 5.85. The molecule has 1 N–H and O–H groups in total. The quantitative estimate of drug-likeness (QED) is 0.826. The van der Waals surface area contributed by atoms with Gasteiger partial charge in [-0.3, -0.25) is 0 Å². The summed E-state index contributed by atoms with van der Waals surface area (Å²) in [6.07, 6.45) is 0. The van der Waals surface area contributed by atoms with E-state index in [9.17, 15) is 5.11 Å². The van der Waals surface area contributed by atoms with Crippen LogP contribution in [0.25, 0.3) is 0 Å². The van der Waals surface area contributed by atoms with Crippen LogP contribution in [0.1, 0.15) is 19.4 Å². The van der Waals surface area contributed by atoms with Gasteiger partial charge in [0.25, 0.3) is 0 Å². The molecule has 0 unspecified atom stereocenters. The number of aliphatic hydroxyl groups is 1. The molecule has 0 saturated carbocycles. The fraction of sp³-hybridized carbons (Fsp3) is 0.538. The summed E-state index contributed by atoms with van der Waals surface area (Å²) < 4.78 is 5.65. The standard InChI is InChI=1S/C13H19NO2/c1-13(2,9-15)10-4-5-11-12(8-10)16-7-6-14(11)3/h4-5,8,15H,6-7,9H2,1-3H3. The Morgan fingerprint density at radius 2 is 2.19 bits per heavy atom. The number of benzene rings is 1. The highest BCUT2D eigenvalue weighted by molar-refractivity contribution is 5.61. The van der Waals surface area contributed by atoms with E-state index in [0.29, 0.717) is 0 Å². The summed E-state index contributed by atoms with van der Waals surface area (Å²) in [5, 5.41) is 9.35. The number of hydrogen-bond donors (Lipinski definition) is 1. The molecule has 0 bridgehead atoms.